The van der Waals surface area contributed by atoms with E-state index in [-0.39, 0.29) is 5.41 Å². The smallest absolute Gasteiger partial charge is 0.150 e. The topological polar surface area (TPSA) is 20.3 Å². The van der Waals surface area contributed by atoms with Gasteiger partial charge in [-0.3, -0.25) is 4.79 Å². The van der Waals surface area contributed by atoms with E-state index in [9.17, 15) is 4.79 Å². The summed E-state index contributed by atoms with van der Waals surface area (Å²) in [5.41, 5.74) is 9.24. The van der Waals surface area contributed by atoms with Crippen LogP contribution in [0.25, 0.3) is 6.08 Å². The van der Waals surface area contributed by atoms with Gasteiger partial charge < -0.3 is 4.90 Å². The zero-order chi connectivity index (χ0) is 19.3. The molecule has 5 rings (SSSR count). The van der Waals surface area contributed by atoms with Crippen LogP contribution in [0.2, 0.25) is 0 Å². The van der Waals surface area contributed by atoms with Crippen LogP contribution in [-0.4, -0.2) is 6.29 Å². The Morgan fingerprint density at radius 1 is 0.929 bits per heavy atom. The number of aldehydes is 1. The van der Waals surface area contributed by atoms with Crippen molar-refractivity contribution in [3.05, 3.63) is 94.6 Å². The predicted molar refractivity (Wildman–Crippen MR) is 116 cm³/mol. The van der Waals surface area contributed by atoms with Gasteiger partial charge in [-0.15, -0.1) is 0 Å². The summed E-state index contributed by atoms with van der Waals surface area (Å²) in [6, 6.07) is 21.4. The maximum atomic E-state index is 11.4. The molecule has 0 saturated carbocycles. The molecule has 0 N–H and O–H groups in total. The number of carbonyl (C=O) groups is 1. The summed E-state index contributed by atoms with van der Waals surface area (Å²) in [6.45, 7) is 4.48. The fourth-order valence-electron chi connectivity index (χ4n) is 4.63. The summed E-state index contributed by atoms with van der Waals surface area (Å²) in [5.74, 6) is 0. The molecule has 0 radical (unpaired) electrons. The van der Waals surface area contributed by atoms with Crippen LogP contribution in [-0.2, 0) is 11.8 Å². The van der Waals surface area contributed by atoms with Gasteiger partial charge in [-0.1, -0.05) is 50.3 Å². The molecule has 1 aliphatic carbocycles. The molecule has 0 atom stereocenters. The van der Waals surface area contributed by atoms with E-state index in [2.05, 4.69) is 79.4 Å². The largest absolute Gasteiger partial charge is 0.310 e. The number of hydrogen-bond donors (Lipinski definition) is 0. The molecule has 2 heteroatoms. The van der Waals surface area contributed by atoms with E-state index in [1.54, 1.807) is 0 Å². The monoisotopic (exact) mass is 365 g/mol. The molecular formula is C26H23NO. The van der Waals surface area contributed by atoms with Crippen molar-refractivity contribution in [3.8, 4) is 0 Å². The van der Waals surface area contributed by atoms with Crippen molar-refractivity contribution in [2.24, 2.45) is 0 Å². The summed E-state index contributed by atoms with van der Waals surface area (Å²) in [6.07, 6.45) is 7.65. The lowest BCUT2D eigenvalue weighted by Crippen LogP contribution is -2.30. The van der Waals surface area contributed by atoms with Crippen molar-refractivity contribution in [2.75, 3.05) is 4.90 Å². The minimum atomic E-state index is -0.171. The molecular weight excluding hydrogens is 342 g/mol. The number of allylic oxidation sites excluding steroid dienone is 1. The molecule has 0 bridgehead atoms. The van der Waals surface area contributed by atoms with Crippen molar-refractivity contribution in [3.63, 3.8) is 0 Å². The second kappa shape index (κ2) is 6.20. The van der Waals surface area contributed by atoms with Gasteiger partial charge in [0.25, 0.3) is 0 Å². The number of nitrogens with zero attached hydrogens (tertiary/aromatic N) is 1. The van der Waals surface area contributed by atoms with Gasteiger partial charge in [0, 0.05) is 16.7 Å². The molecule has 28 heavy (non-hydrogen) atoms. The third-order valence-electron chi connectivity index (χ3n) is 6.15. The Hall–Kier alpha value is -3.13. The molecule has 0 saturated heterocycles. The molecule has 3 aromatic carbocycles. The van der Waals surface area contributed by atoms with E-state index in [1.165, 1.54) is 27.9 Å². The zero-order valence-corrected chi connectivity index (χ0v) is 16.3. The highest BCUT2D eigenvalue weighted by atomic mass is 16.1. The molecule has 0 spiro atoms. The van der Waals surface area contributed by atoms with E-state index < -0.39 is 0 Å². The molecule has 1 aliphatic heterocycles. The van der Waals surface area contributed by atoms with Crippen molar-refractivity contribution in [1.29, 1.82) is 0 Å². The van der Waals surface area contributed by atoms with Crippen LogP contribution in [0.3, 0.4) is 0 Å². The van der Waals surface area contributed by atoms with Gasteiger partial charge in [-0.2, -0.15) is 0 Å². The predicted octanol–water partition coefficient (Wildman–Crippen LogP) is 6.57. The Bertz CT molecular complexity index is 1120. The van der Waals surface area contributed by atoms with Crippen molar-refractivity contribution in [1.82, 2.24) is 0 Å². The number of aryl methyl sites for hydroxylation is 1. The first-order valence-electron chi connectivity index (χ1n) is 9.88. The minimum absolute atomic E-state index is 0.171. The molecule has 0 unspecified atom stereocenters. The third-order valence-corrected chi connectivity index (χ3v) is 6.15. The van der Waals surface area contributed by atoms with E-state index in [0.29, 0.717) is 0 Å². The molecule has 2 aliphatic rings. The maximum Gasteiger partial charge on any atom is 0.150 e. The first kappa shape index (κ1) is 17.0. The molecule has 138 valence electrons. The standard InChI is InChI=1S/C26H23NO/c1-26(2)22-9-5-6-10-24(22)27(25-14-11-18(17-28)15-23(25)26)21-13-12-19-7-3-4-8-20(19)16-21/h4-6,8-17H,3,7H2,1-2H3. The number of anilines is 3. The number of carbonyl (C=O) groups excluding carboxylic acids is 1. The quantitative estimate of drug-likeness (QED) is 0.479. The van der Waals surface area contributed by atoms with Crippen molar-refractivity contribution >= 4 is 29.4 Å². The Kier molecular flexibility index (Phi) is 3.77. The summed E-state index contributed by atoms with van der Waals surface area (Å²) >= 11 is 0. The van der Waals surface area contributed by atoms with Crippen LogP contribution in [0.4, 0.5) is 17.1 Å². The number of fused-ring (bicyclic) bond motifs is 3. The van der Waals surface area contributed by atoms with Crippen molar-refractivity contribution in [2.45, 2.75) is 32.1 Å². The summed E-state index contributed by atoms with van der Waals surface area (Å²) < 4.78 is 0. The lowest BCUT2D eigenvalue weighted by Gasteiger charge is -2.42. The fourth-order valence-corrected chi connectivity index (χ4v) is 4.63. The minimum Gasteiger partial charge on any atom is -0.310 e. The van der Waals surface area contributed by atoms with Gasteiger partial charge in [-0.05, 0) is 71.5 Å². The lowest BCUT2D eigenvalue weighted by atomic mass is 9.73. The molecule has 1 heterocycles. The molecule has 0 amide bonds. The normalized spacial score (nSPS) is 16.1. The fraction of sp³-hybridized carbons (Fsp3) is 0.192. The van der Waals surface area contributed by atoms with Crippen LogP contribution >= 0.6 is 0 Å². The maximum absolute atomic E-state index is 11.4. The van der Waals surface area contributed by atoms with E-state index in [4.69, 9.17) is 0 Å². The average Bonchev–Trinajstić information content (AvgIpc) is 2.74. The second-order valence-corrected chi connectivity index (χ2v) is 8.20. The summed E-state index contributed by atoms with van der Waals surface area (Å²) in [7, 11) is 0. The highest BCUT2D eigenvalue weighted by molar-refractivity contribution is 5.88. The second-order valence-electron chi connectivity index (χ2n) is 8.20. The van der Waals surface area contributed by atoms with Gasteiger partial charge in [0.05, 0.1) is 11.4 Å². The molecule has 0 aromatic heterocycles. The molecule has 0 fully saturated rings. The zero-order valence-electron chi connectivity index (χ0n) is 16.3. The van der Waals surface area contributed by atoms with Crippen LogP contribution in [0.1, 0.15) is 52.9 Å². The molecule has 2 nitrogen and oxygen atoms in total. The number of benzene rings is 3. The van der Waals surface area contributed by atoms with Gasteiger partial charge in [0.1, 0.15) is 6.29 Å². The highest BCUT2D eigenvalue weighted by Crippen LogP contribution is 2.52. The Morgan fingerprint density at radius 2 is 1.75 bits per heavy atom. The van der Waals surface area contributed by atoms with E-state index in [0.717, 1.165) is 36.1 Å². The Morgan fingerprint density at radius 3 is 2.61 bits per heavy atom. The molecule has 3 aromatic rings. The number of para-hydroxylation sites is 1. The summed E-state index contributed by atoms with van der Waals surface area (Å²) in [4.78, 5) is 13.8. The first-order valence-corrected chi connectivity index (χ1v) is 9.88. The van der Waals surface area contributed by atoms with Gasteiger partial charge in [0.2, 0.25) is 0 Å². The van der Waals surface area contributed by atoms with Crippen molar-refractivity contribution < 1.29 is 4.79 Å². The van der Waals surface area contributed by atoms with E-state index in [1.807, 2.05) is 12.1 Å². The SMILES string of the molecule is CC1(C)c2ccccc2N(c2ccc3c(c2)C=CCC3)c2ccc(C=O)cc21. The first-order chi connectivity index (χ1) is 13.6. The van der Waals surface area contributed by atoms with E-state index >= 15 is 0 Å². The van der Waals surface area contributed by atoms with Crippen LogP contribution in [0, 0.1) is 0 Å². The lowest BCUT2D eigenvalue weighted by molar-refractivity contribution is 0.112. The third kappa shape index (κ3) is 2.45. The van der Waals surface area contributed by atoms with Gasteiger partial charge in [-0.25, -0.2) is 0 Å². The number of hydrogen-bond acceptors (Lipinski definition) is 2. The van der Waals surface area contributed by atoms with Crippen LogP contribution in [0.15, 0.2) is 66.7 Å². The van der Waals surface area contributed by atoms with Gasteiger partial charge in [0.15, 0.2) is 0 Å². The van der Waals surface area contributed by atoms with Crippen LogP contribution < -0.4 is 4.90 Å². The Labute approximate surface area is 166 Å². The van der Waals surface area contributed by atoms with Crippen LogP contribution in [0.5, 0.6) is 0 Å². The van der Waals surface area contributed by atoms with Gasteiger partial charge >= 0.3 is 0 Å². The number of rotatable bonds is 2. The average molecular weight is 365 g/mol. The summed E-state index contributed by atoms with van der Waals surface area (Å²) in [5, 5.41) is 0. The Balaban J connectivity index is 1.78. The highest BCUT2D eigenvalue weighted by Gasteiger charge is 2.36.